The lowest BCUT2D eigenvalue weighted by atomic mass is 10.1. The first kappa shape index (κ1) is 28.8. The molecule has 2 N–H and O–H groups in total. The molecule has 0 bridgehead atoms. The molecule has 196 valence electrons. The highest BCUT2D eigenvalue weighted by Crippen LogP contribution is 2.38. The van der Waals surface area contributed by atoms with Crippen LogP contribution in [0.15, 0.2) is 36.4 Å². The predicted molar refractivity (Wildman–Crippen MR) is 116 cm³/mol. The van der Waals surface area contributed by atoms with Crippen LogP contribution in [-0.2, 0) is 21.9 Å². The molecule has 0 aliphatic carbocycles. The number of benzene rings is 2. The first-order valence-corrected chi connectivity index (χ1v) is 10.3. The molecule has 0 spiro atoms. The molecule has 14 heteroatoms. The normalized spacial score (nSPS) is 12.1. The number of nitrogens with one attached hydrogen (secondary N) is 2. The first-order chi connectivity index (χ1) is 16.3. The number of halogens is 7. The Hall–Kier alpha value is -3.48. The molecule has 0 aliphatic rings. The number of amides is 2. The van der Waals surface area contributed by atoms with E-state index in [0.29, 0.717) is 12.1 Å². The van der Waals surface area contributed by atoms with E-state index in [2.05, 4.69) is 5.32 Å². The maximum Gasteiger partial charge on any atom is 0.416 e. The summed E-state index contributed by atoms with van der Waals surface area (Å²) in [6.45, 7) is 4.09. The van der Waals surface area contributed by atoms with Gasteiger partial charge in [0.1, 0.15) is 17.9 Å². The van der Waals surface area contributed by atoms with E-state index in [1.807, 2.05) is 5.32 Å². The molecule has 36 heavy (non-hydrogen) atoms. The van der Waals surface area contributed by atoms with Crippen LogP contribution < -0.4 is 15.4 Å². The van der Waals surface area contributed by atoms with Crippen molar-refractivity contribution < 1.29 is 50.2 Å². The zero-order valence-corrected chi connectivity index (χ0v) is 19.6. The zero-order valence-electron chi connectivity index (χ0n) is 18.9. The number of anilines is 1. The van der Waals surface area contributed by atoms with Crippen LogP contribution in [0.25, 0.3) is 0 Å². The summed E-state index contributed by atoms with van der Waals surface area (Å²) in [6.07, 6.45) is -11.2. The summed E-state index contributed by atoms with van der Waals surface area (Å²) in [7, 11) is 0. The molecule has 2 amide bonds. The van der Waals surface area contributed by atoms with Crippen molar-refractivity contribution in [1.82, 2.24) is 5.32 Å². The highest BCUT2D eigenvalue weighted by Gasteiger charge is 2.37. The van der Waals surface area contributed by atoms with Crippen molar-refractivity contribution in [2.24, 2.45) is 0 Å². The van der Waals surface area contributed by atoms with Gasteiger partial charge in [0.2, 0.25) is 0 Å². The van der Waals surface area contributed by atoms with Gasteiger partial charge in [0.15, 0.2) is 0 Å². The average molecular weight is 541 g/mol. The van der Waals surface area contributed by atoms with Gasteiger partial charge in [-0.1, -0.05) is 11.6 Å². The highest BCUT2D eigenvalue weighted by molar-refractivity contribution is 6.31. The van der Waals surface area contributed by atoms with Gasteiger partial charge in [0, 0.05) is 10.7 Å². The molecule has 0 radical (unpaired) electrons. The Balaban J connectivity index is 2.26. The Labute approximate surface area is 205 Å². The summed E-state index contributed by atoms with van der Waals surface area (Å²) in [4.78, 5) is 36.5. The second-order valence-corrected chi connectivity index (χ2v) is 8.66. The van der Waals surface area contributed by atoms with E-state index in [0.717, 1.165) is 12.1 Å². The summed E-state index contributed by atoms with van der Waals surface area (Å²) in [6, 6.07) is 3.81. The molecule has 0 atom stereocenters. The van der Waals surface area contributed by atoms with Gasteiger partial charge in [-0.2, -0.15) is 26.3 Å². The van der Waals surface area contributed by atoms with E-state index < -0.39 is 70.6 Å². The fraction of sp³-hybridized carbons (Fsp3) is 0.318. The van der Waals surface area contributed by atoms with Gasteiger partial charge in [-0.15, -0.1) is 0 Å². The fourth-order valence-electron chi connectivity index (χ4n) is 2.61. The molecule has 0 aromatic heterocycles. The van der Waals surface area contributed by atoms with Gasteiger partial charge >= 0.3 is 24.4 Å². The lowest BCUT2D eigenvalue weighted by molar-refractivity contribution is -0.143. The number of carbonyl (C=O) groups excluding carboxylic acids is 3. The number of hydrogen-bond acceptors (Lipinski definition) is 5. The maximum absolute atomic E-state index is 13.1. The molecule has 0 aliphatic heterocycles. The summed E-state index contributed by atoms with van der Waals surface area (Å²) in [5.41, 5.74) is -5.41. The van der Waals surface area contributed by atoms with E-state index in [1.165, 1.54) is 6.07 Å². The SMILES string of the molecule is CC(C)(C)OC(=O)NCC(=O)Oc1ccc(Cl)cc1C(=O)Nc1cc(C(F)(F)F)cc(C(F)(F)F)c1. The van der Waals surface area contributed by atoms with Crippen LogP contribution in [0.1, 0.15) is 42.3 Å². The van der Waals surface area contributed by atoms with Crippen molar-refractivity contribution >= 4 is 35.3 Å². The minimum absolute atomic E-state index is 0.0492. The Kier molecular flexibility index (Phi) is 8.50. The van der Waals surface area contributed by atoms with E-state index in [9.17, 15) is 40.7 Å². The Morgan fingerprint density at radius 2 is 1.44 bits per heavy atom. The quantitative estimate of drug-likeness (QED) is 0.273. The maximum atomic E-state index is 13.1. The summed E-state index contributed by atoms with van der Waals surface area (Å²) in [5, 5.41) is 4.00. The van der Waals surface area contributed by atoms with E-state index in [1.54, 1.807) is 20.8 Å². The lowest BCUT2D eigenvalue weighted by Crippen LogP contribution is -2.36. The molecule has 2 aromatic rings. The fourth-order valence-corrected chi connectivity index (χ4v) is 2.78. The number of alkyl halides is 6. The molecule has 7 nitrogen and oxygen atoms in total. The van der Waals surface area contributed by atoms with Crippen LogP contribution >= 0.6 is 11.6 Å². The van der Waals surface area contributed by atoms with E-state index >= 15 is 0 Å². The monoisotopic (exact) mass is 540 g/mol. The first-order valence-electron chi connectivity index (χ1n) is 9.93. The van der Waals surface area contributed by atoms with Crippen molar-refractivity contribution in [1.29, 1.82) is 0 Å². The van der Waals surface area contributed by atoms with E-state index in [4.69, 9.17) is 21.1 Å². The third-order valence-corrected chi connectivity index (χ3v) is 4.27. The van der Waals surface area contributed by atoms with Crippen LogP contribution in [0.5, 0.6) is 5.75 Å². The summed E-state index contributed by atoms with van der Waals surface area (Å²) >= 11 is 5.84. The minimum Gasteiger partial charge on any atom is -0.444 e. The number of carbonyl (C=O) groups is 3. The predicted octanol–water partition coefficient (Wildman–Crippen LogP) is 6.06. The highest BCUT2D eigenvalue weighted by atomic mass is 35.5. The minimum atomic E-state index is -5.13. The van der Waals surface area contributed by atoms with E-state index in [-0.39, 0.29) is 11.1 Å². The molecular formula is C22H19ClF6N2O5. The lowest BCUT2D eigenvalue weighted by Gasteiger charge is -2.19. The third kappa shape index (κ3) is 8.63. The molecule has 0 fully saturated rings. The number of rotatable bonds is 5. The zero-order chi connectivity index (χ0) is 27.5. The molecule has 0 unspecified atom stereocenters. The molecule has 0 heterocycles. The Morgan fingerprint density at radius 1 is 0.889 bits per heavy atom. The number of alkyl carbamates (subject to hydrolysis) is 1. The number of ether oxygens (including phenoxy) is 2. The van der Waals surface area contributed by atoms with Crippen molar-refractivity contribution in [2.45, 2.75) is 38.7 Å². The third-order valence-electron chi connectivity index (χ3n) is 4.03. The van der Waals surface area contributed by atoms with Crippen LogP contribution in [0.3, 0.4) is 0 Å². The number of esters is 1. The van der Waals surface area contributed by atoms with Gasteiger partial charge in [0.05, 0.1) is 16.7 Å². The smallest absolute Gasteiger partial charge is 0.416 e. The van der Waals surface area contributed by atoms with Gasteiger partial charge in [-0.3, -0.25) is 4.79 Å². The number of hydrogen-bond donors (Lipinski definition) is 2. The van der Waals surface area contributed by atoms with Crippen LogP contribution in [-0.4, -0.2) is 30.1 Å². The topological polar surface area (TPSA) is 93.7 Å². The largest absolute Gasteiger partial charge is 0.444 e. The van der Waals surface area contributed by atoms with Crippen molar-refractivity contribution in [3.05, 3.63) is 58.1 Å². The molecule has 0 saturated carbocycles. The summed E-state index contributed by atoms with van der Waals surface area (Å²) < 4.78 is 88.5. The standard InChI is InChI=1S/C22H19ClF6N2O5/c1-20(2,3)36-19(34)30-10-17(32)35-16-5-4-13(23)9-15(16)18(33)31-14-7-11(21(24,25)26)6-12(8-14)22(27,28)29/h4-9H,10H2,1-3H3,(H,30,34)(H,31,33). The molecular weight excluding hydrogens is 522 g/mol. The summed E-state index contributed by atoms with van der Waals surface area (Å²) in [5.74, 6) is -2.69. The van der Waals surface area contributed by atoms with Crippen LogP contribution in [0.4, 0.5) is 36.8 Å². The second kappa shape index (κ2) is 10.6. The van der Waals surface area contributed by atoms with Crippen molar-refractivity contribution in [3.8, 4) is 5.75 Å². The molecule has 2 aromatic carbocycles. The van der Waals surface area contributed by atoms with Crippen molar-refractivity contribution in [3.63, 3.8) is 0 Å². The van der Waals surface area contributed by atoms with Gasteiger partial charge in [-0.05, 0) is 57.2 Å². The molecule has 2 rings (SSSR count). The second-order valence-electron chi connectivity index (χ2n) is 8.22. The van der Waals surface area contributed by atoms with Gasteiger partial charge in [0.25, 0.3) is 5.91 Å². The van der Waals surface area contributed by atoms with Gasteiger partial charge in [-0.25, -0.2) is 9.59 Å². The van der Waals surface area contributed by atoms with Crippen LogP contribution in [0.2, 0.25) is 5.02 Å². The van der Waals surface area contributed by atoms with Crippen LogP contribution in [0, 0.1) is 0 Å². The molecule has 0 saturated heterocycles. The van der Waals surface area contributed by atoms with Crippen molar-refractivity contribution in [2.75, 3.05) is 11.9 Å². The average Bonchev–Trinajstić information content (AvgIpc) is 2.70. The Morgan fingerprint density at radius 3 is 1.94 bits per heavy atom. The Bertz CT molecular complexity index is 1130. The van der Waals surface area contributed by atoms with Gasteiger partial charge < -0.3 is 20.1 Å².